The number of para-hydroxylation sites is 1. The minimum atomic E-state index is 0. The first-order chi connectivity index (χ1) is 13.7. The van der Waals surface area contributed by atoms with E-state index in [0.717, 1.165) is 62.6 Å². The van der Waals surface area contributed by atoms with E-state index in [2.05, 4.69) is 40.0 Å². The first-order valence-electron chi connectivity index (χ1n) is 10.6. The number of rotatable bonds is 13. The van der Waals surface area contributed by atoms with Gasteiger partial charge in [-0.25, -0.2) is 0 Å². The zero-order valence-corrected chi connectivity index (χ0v) is 20.9. The maximum Gasteiger partial charge on any atom is 0.193 e. The van der Waals surface area contributed by atoms with Gasteiger partial charge in [0.05, 0.1) is 6.61 Å². The molecular formula is C22H39IN4O2. The van der Waals surface area contributed by atoms with Crippen molar-refractivity contribution in [3.63, 3.8) is 0 Å². The summed E-state index contributed by atoms with van der Waals surface area (Å²) in [6, 6.07) is 8.21. The third-order valence-electron chi connectivity index (χ3n) is 5.16. The Kier molecular flexibility index (Phi) is 13.3. The van der Waals surface area contributed by atoms with Crippen LogP contribution in [0, 0.1) is 5.92 Å². The molecule has 0 radical (unpaired) electrons. The van der Waals surface area contributed by atoms with Crippen LogP contribution >= 0.6 is 24.0 Å². The fourth-order valence-corrected chi connectivity index (χ4v) is 3.02. The summed E-state index contributed by atoms with van der Waals surface area (Å²) >= 11 is 0. The Morgan fingerprint density at radius 1 is 1.14 bits per heavy atom. The molecule has 29 heavy (non-hydrogen) atoms. The van der Waals surface area contributed by atoms with Crippen molar-refractivity contribution in [3.05, 3.63) is 29.8 Å². The first kappa shape index (κ1) is 26.0. The minimum absolute atomic E-state index is 0. The monoisotopic (exact) mass is 518 g/mol. The summed E-state index contributed by atoms with van der Waals surface area (Å²) in [5.41, 5.74) is 1.14. The molecule has 1 aliphatic rings. The second-order valence-electron chi connectivity index (χ2n) is 7.32. The highest BCUT2D eigenvalue weighted by molar-refractivity contribution is 14.0. The fraction of sp³-hybridized carbons (Fsp3) is 0.682. The van der Waals surface area contributed by atoms with Gasteiger partial charge in [0, 0.05) is 45.9 Å². The Hall–Kier alpha value is -1.06. The standard InChI is InChI=1S/C22H38N4O2.HI/c1-5-26(6-2)14-16-28-21-10-8-7-9-20(21)17-24-22(23-3)25(4)13-15-27-18-19-11-12-19;/h7-10,19H,5-6,11-18H2,1-4H3,(H,23,24);1H. The van der Waals surface area contributed by atoms with E-state index < -0.39 is 0 Å². The molecule has 0 bridgehead atoms. The average molecular weight is 518 g/mol. The van der Waals surface area contributed by atoms with Gasteiger partial charge in [-0.15, -0.1) is 24.0 Å². The smallest absolute Gasteiger partial charge is 0.193 e. The molecule has 1 aromatic carbocycles. The van der Waals surface area contributed by atoms with Crippen LogP contribution in [0.15, 0.2) is 29.3 Å². The van der Waals surface area contributed by atoms with Crippen LogP contribution in [-0.4, -0.2) is 75.9 Å². The highest BCUT2D eigenvalue weighted by Crippen LogP contribution is 2.28. The molecular weight excluding hydrogens is 479 g/mol. The molecule has 0 aromatic heterocycles. The lowest BCUT2D eigenvalue weighted by Crippen LogP contribution is -2.40. The van der Waals surface area contributed by atoms with E-state index in [9.17, 15) is 0 Å². The lowest BCUT2D eigenvalue weighted by molar-refractivity contribution is 0.115. The molecule has 1 fully saturated rings. The largest absolute Gasteiger partial charge is 0.492 e. The van der Waals surface area contributed by atoms with Gasteiger partial charge in [0.25, 0.3) is 0 Å². The van der Waals surface area contributed by atoms with E-state index in [1.165, 1.54) is 12.8 Å². The number of benzene rings is 1. The van der Waals surface area contributed by atoms with Crippen molar-refractivity contribution in [3.8, 4) is 5.75 Å². The summed E-state index contributed by atoms with van der Waals surface area (Å²) in [5, 5.41) is 3.44. The van der Waals surface area contributed by atoms with Crippen LogP contribution in [-0.2, 0) is 11.3 Å². The summed E-state index contributed by atoms with van der Waals surface area (Å²) in [4.78, 5) is 8.87. The fourth-order valence-electron chi connectivity index (χ4n) is 3.02. The maximum absolute atomic E-state index is 6.05. The van der Waals surface area contributed by atoms with E-state index in [1.807, 2.05) is 32.3 Å². The Bertz CT molecular complexity index is 592. The highest BCUT2D eigenvalue weighted by atomic mass is 127. The topological polar surface area (TPSA) is 49.3 Å². The summed E-state index contributed by atoms with van der Waals surface area (Å²) < 4.78 is 11.8. The van der Waals surface area contributed by atoms with Crippen molar-refractivity contribution < 1.29 is 9.47 Å². The van der Waals surface area contributed by atoms with Crippen LogP contribution in [0.4, 0.5) is 0 Å². The number of hydrogen-bond acceptors (Lipinski definition) is 4. The lowest BCUT2D eigenvalue weighted by atomic mass is 10.2. The van der Waals surface area contributed by atoms with E-state index in [-0.39, 0.29) is 24.0 Å². The van der Waals surface area contributed by atoms with Crippen LogP contribution in [0.25, 0.3) is 0 Å². The van der Waals surface area contributed by atoms with Gasteiger partial charge in [-0.3, -0.25) is 4.99 Å². The van der Waals surface area contributed by atoms with Gasteiger partial charge in [0.1, 0.15) is 12.4 Å². The molecule has 7 heteroatoms. The number of aliphatic imine (C=N–C) groups is 1. The molecule has 0 heterocycles. The number of nitrogens with one attached hydrogen (secondary N) is 1. The van der Waals surface area contributed by atoms with Crippen molar-refractivity contribution in [1.29, 1.82) is 0 Å². The molecule has 1 aromatic rings. The minimum Gasteiger partial charge on any atom is -0.492 e. The van der Waals surface area contributed by atoms with Crippen molar-refractivity contribution in [2.75, 3.05) is 60.1 Å². The van der Waals surface area contributed by atoms with E-state index in [4.69, 9.17) is 9.47 Å². The molecule has 0 atom stereocenters. The molecule has 6 nitrogen and oxygen atoms in total. The van der Waals surface area contributed by atoms with Crippen molar-refractivity contribution in [2.45, 2.75) is 33.2 Å². The molecule has 0 aliphatic heterocycles. The molecule has 1 aliphatic carbocycles. The number of hydrogen-bond donors (Lipinski definition) is 1. The predicted octanol–water partition coefficient (Wildman–Crippen LogP) is 3.46. The van der Waals surface area contributed by atoms with E-state index in [1.54, 1.807) is 0 Å². The normalized spacial score (nSPS) is 13.9. The van der Waals surface area contributed by atoms with E-state index >= 15 is 0 Å². The number of halogens is 1. The Balaban J connectivity index is 0.00000420. The van der Waals surface area contributed by atoms with Crippen LogP contribution < -0.4 is 10.1 Å². The Morgan fingerprint density at radius 2 is 1.86 bits per heavy atom. The summed E-state index contributed by atoms with van der Waals surface area (Å²) in [7, 11) is 3.86. The Morgan fingerprint density at radius 3 is 2.52 bits per heavy atom. The summed E-state index contributed by atoms with van der Waals surface area (Å²) in [6.45, 7) is 11.3. The van der Waals surface area contributed by atoms with Crippen LogP contribution in [0.5, 0.6) is 5.75 Å². The van der Waals surface area contributed by atoms with Gasteiger partial charge in [0.2, 0.25) is 0 Å². The zero-order chi connectivity index (χ0) is 20.2. The van der Waals surface area contributed by atoms with Crippen molar-refractivity contribution in [2.24, 2.45) is 10.9 Å². The summed E-state index contributed by atoms with van der Waals surface area (Å²) in [5.74, 6) is 2.61. The number of likely N-dealkylation sites (N-methyl/N-ethyl adjacent to an activating group) is 2. The van der Waals surface area contributed by atoms with Gasteiger partial charge in [-0.2, -0.15) is 0 Å². The molecule has 2 rings (SSSR count). The zero-order valence-electron chi connectivity index (χ0n) is 18.5. The quantitative estimate of drug-likeness (QED) is 0.188. The lowest BCUT2D eigenvalue weighted by Gasteiger charge is -2.23. The van der Waals surface area contributed by atoms with Gasteiger partial charge >= 0.3 is 0 Å². The van der Waals surface area contributed by atoms with Crippen LogP contribution in [0.3, 0.4) is 0 Å². The number of nitrogens with zero attached hydrogens (tertiary/aromatic N) is 3. The van der Waals surface area contributed by atoms with E-state index in [0.29, 0.717) is 13.2 Å². The molecule has 166 valence electrons. The first-order valence-corrected chi connectivity index (χ1v) is 10.6. The molecule has 0 unspecified atom stereocenters. The second-order valence-corrected chi connectivity index (χ2v) is 7.32. The van der Waals surface area contributed by atoms with Gasteiger partial charge in [-0.1, -0.05) is 32.0 Å². The van der Waals surface area contributed by atoms with Crippen LogP contribution in [0.1, 0.15) is 32.3 Å². The SMILES string of the molecule is CCN(CC)CCOc1ccccc1CNC(=NC)N(C)CCOCC1CC1.I. The third kappa shape index (κ3) is 10.00. The van der Waals surface area contributed by atoms with Crippen LogP contribution in [0.2, 0.25) is 0 Å². The predicted molar refractivity (Wildman–Crippen MR) is 132 cm³/mol. The highest BCUT2D eigenvalue weighted by Gasteiger charge is 2.21. The average Bonchev–Trinajstić information content (AvgIpc) is 3.54. The number of guanidine groups is 1. The Labute approximate surface area is 194 Å². The van der Waals surface area contributed by atoms with Gasteiger partial charge < -0.3 is 24.6 Å². The van der Waals surface area contributed by atoms with Gasteiger partial charge in [-0.05, 0) is 37.9 Å². The molecule has 1 N–H and O–H groups in total. The van der Waals surface area contributed by atoms with Crippen molar-refractivity contribution >= 4 is 29.9 Å². The molecule has 1 saturated carbocycles. The third-order valence-corrected chi connectivity index (χ3v) is 5.16. The number of ether oxygens (including phenoxy) is 2. The maximum atomic E-state index is 6.05. The van der Waals surface area contributed by atoms with Gasteiger partial charge in [0.15, 0.2) is 5.96 Å². The van der Waals surface area contributed by atoms with Crippen molar-refractivity contribution in [1.82, 2.24) is 15.1 Å². The summed E-state index contributed by atoms with van der Waals surface area (Å²) in [6.07, 6.45) is 2.66. The second kappa shape index (κ2) is 14.8. The molecule has 0 amide bonds. The molecule has 0 saturated heterocycles. The molecule has 0 spiro atoms.